The number of nitrogens with two attached hydrogens (primary N) is 2. The van der Waals surface area contributed by atoms with E-state index < -0.39 is 0 Å². The first-order valence-corrected chi connectivity index (χ1v) is 4.98. The molecule has 0 aliphatic carbocycles. The quantitative estimate of drug-likeness (QED) is 0.641. The molecular weight excluding hydrogens is 148 g/mol. The average Bonchev–Trinajstić information content (AvgIpc) is 2.05. The summed E-state index contributed by atoms with van der Waals surface area (Å²) in [5, 5.41) is 0. The maximum atomic E-state index is 5.72. The summed E-state index contributed by atoms with van der Waals surface area (Å²) in [5.41, 5.74) is 11.6. The maximum Gasteiger partial charge on any atom is -0.00227 e. The molecule has 0 radical (unpaired) electrons. The fourth-order valence-corrected chi connectivity index (χ4v) is 1.44. The molecule has 0 aromatic carbocycles. The van der Waals surface area contributed by atoms with Crippen LogP contribution < -0.4 is 11.5 Å². The minimum absolute atomic E-state index is 0.212. The van der Waals surface area contributed by atoms with Crippen molar-refractivity contribution in [2.24, 2.45) is 22.8 Å². The molecule has 0 aliphatic rings. The predicted molar refractivity (Wildman–Crippen MR) is 54.9 cm³/mol. The normalized spacial score (nSPS) is 14.8. The molecule has 0 saturated carbocycles. The molecule has 0 saturated heterocycles. The summed E-state index contributed by atoms with van der Waals surface area (Å²) in [6, 6.07) is 0. The second-order valence-electron chi connectivity index (χ2n) is 4.27. The van der Waals surface area contributed by atoms with E-state index >= 15 is 0 Å². The van der Waals surface area contributed by atoms with Crippen molar-refractivity contribution in [1.82, 2.24) is 0 Å². The maximum absolute atomic E-state index is 5.72. The Hall–Kier alpha value is -0.0800. The van der Waals surface area contributed by atoms with Crippen molar-refractivity contribution in [1.29, 1.82) is 0 Å². The van der Waals surface area contributed by atoms with Gasteiger partial charge in [0.15, 0.2) is 0 Å². The summed E-state index contributed by atoms with van der Waals surface area (Å²) < 4.78 is 0. The van der Waals surface area contributed by atoms with Crippen LogP contribution in [-0.2, 0) is 0 Å². The third kappa shape index (κ3) is 3.55. The molecule has 0 bridgehead atoms. The summed E-state index contributed by atoms with van der Waals surface area (Å²) in [5.74, 6) is 0.586. The van der Waals surface area contributed by atoms with E-state index in [1.807, 2.05) is 0 Å². The third-order valence-electron chi connectivity index (χ3n) is 2.82. The molecule has 12 heavy (non-hydrogen) atoms. The lowest BCUT2D eigenvalue weighted by molar-refractivity contribution is 0.211. The van der Waals surface area contributed by atoms with Gasteiger partial charge < -0.3 is 11.5 Å². The number of hydrogen-bond acceptors (Lipinski definition) is 2. The van der Waals surface area contributed by atoms with E-state index in [0.717, 1.165) is 13.1 Å². The van der Waals surface area contributed by atoms with Crippen molar-refractivity contribution in [3.8, 4) is 0 Å². The zero-order chi connectivity index (χ0) is 9.61. The molecule has 74 valence electrons. The molecule has 0 spiro atoms. The molecule has 0 fully saturated rings. The Morgan fingerprint density at radius 3 is 2.17 bits per heavy atom. The van der Waals surface area contributed by atoms with E-state index in [4.69, 9.17) is 11.5 Å². The topological polar surface area (TPSA) is 52.0 Å². The first-order chi connectivity index (χ1) is 5.58. The summed E-state index contributed by atoms with van der Waals surface area (Å²) >= 11 is 0. The Balaban J connectivity index is 3.95. The molecule has 0 rings (SSSR count). The Bertz CT molecular complexity index is 110. The Morgan fingerprint density at radius 2 is 1.83 bits per heavy atom. The zero-order valence-electron chi connectivity index (χ0n) is 8.77. The average molecular weight is 172 g/mol. The van der Waals surface area contributed by atoms with E-state index in [1.54, 1.807) is 0 Å². The molecule has 0 amide bonds. The van der Waals surface area contributed by atoms with Gasteiger partial charge >= 0.3 is 0 Å². The van der Waals surface area contributed by atoms with Crippen LogP contribution in [0.15, 0.2) is 0 Å². The lowest BCUT2D eigenvalue weighted by Gasteiger charge is -2.32. The van der Waals surface area contributed by atoms with Crippen molar-refractivity contribution in [2.75, 3.05) is 13.1 Å². The van der Waals surface area contributed by atoms with Crippen molar-refractivity contribution in [2.45, 2.75) is 40.0 Å². The molecular formula is C10H24N2. The smallest absolute Gasteiger partial charge is 0.00227 e. The summed E-state index contributed by atoms with van der Waals surface area (Å²) in [7, 11) is 0. The Labute approximate surface area is 76.7 Å². The lowest BCUT2D eigenvalue weighted by atomic mass is 9.76. The molecule has 2 heteroatoms. The van der Waals surface area contributed by atoms with Gasteiger partial charge in [-0.15, -0.1) is 0 Å². The SMILES string of the molecule is CCCCC(CN)C(C)(C)CN. The summed E-state index contributed by atoms with van der Waals surface area (Å²) in [6.07, 6.45) is 3.74. The molecule has 0 aromatic rings. The minimum atomic E-state index is 0.212. The molecule has 0 aromatic heterocycles. The summed E-state index contributed by atoms with van der Waals surface area (Å²) in [6.45, 7) is 8.13. The molecule has 0 heterocycles. The van der Waals surface area contributed by atoms with Crippen LogP contribution in [0.4, 0.5) is 0 Å². The van der Waals surface area contributed by atoms with Gasteiger partial charge in [0, 0.05) is 0 Å². The highest BCUT2D eigenvalue weighted by Crippen LogP contribution is 2.28. The van der Waals surface area contributed by atoms with Crippen LogP contribution in [0.3, 0.4) is 0 Å². The van der Waals surface area contributed by atoms with Crippen LogP contribution in [0.2, 0.25) is 0 Å². The number of unbranched alkanes of at least 4 members (excludes halogenated alkanes) is 1. The van der Waals surface area contributed by atoms with E-state index in [-0.39, 0.29) is 5.41 Å². The molecule has 4 N–H and O–H groups in total. The fraction of sp³-hybridized carbons (Fsp3) is 1.00. The second kappa shape index (κ2) is 5.55. The van der Waals surface area contributed by atoms with E-state index in [9.17, 15) is 0 Å². The monoisotopic (exact) mass is 172 g/mol. The molecule has 2 nitrogen and oxygen atoms in total. The second-order valence-corrected chi connectivity index (χ2v) is 4.27. The highest BCUT2D eigenvalue weighted by atomic mass is 14.6. The van der Waals surface area contributed by atoms with Crippen LogP contribution in [0, 0.1) is 11.3 Å². The van der Waals surface area contributed by atoms with E-state index in [0.29, 0.717) is 5.92 Å². The number of rotatable bonds is 6. The largest absolute Gasteiger partial charge is 0.330 e. The van der Waals surface area contributed by atoms with E-state index in [2.05, 4.69) is 20.8 Å². The highest BCUT2D eigenvalue weighted by Gasteiger charge is 2.25. The van der Waals surface area contributed by atoms with Crippen LogP contribution >= 0.6 is 0 Å². The minimum Gasteiger partial charge on any atom is -0.330 e. The van der Waals surface area contributed by atoms with Crippen molar-refractivity contribution in [3.63, 3.8) is 0 Å². The van der Waals surface area contributed by atoms with Crippen molar-refractivity contribution in [3.05, 3.63) is 0 Å². The Kier molecular flexibility index (Phi) is 5.51. The Morgan fingerprint density at radius 1 is 1.25 bits per heavy atom. The van der Waals surface area contributed by atoms with Crippen LogP contribution in [0.1, 0.15) is 40.0 Å². The van der Waals surface area contributed by atoms with Gasteiger partial charge in [-0.25, -0.2) is 0 Å². The first kappa shape index (κ1) is 11.9. The predicted octanol–water partition coefficient (Wildman–Crippen LogP) is 1.74. The third-order valence-corrected chi connectivity index (χ3v) is 2.82. The van der Waals surface area contributed by atoms with Gasteiger partial charge in [-0.05, 0) is 30.8 Å². The van der Waals surface area contributed by atoms with Gasteiger partial charge in [-0.3, -0.25) is 0 Å². The fourth-order valence-electron chi connectivity index (χ4n) is 1.44. The zero-order valence-corrected chi connectivity index (χ0v) is 8.77. The first-order valence-electron chi connectivity index (χ1n) is 4.98. The van der Waals surface area contributed by atoms with Gasteiger partial charge in [0.1, 0.15) is 0 Å². The molecule has 1 atom stereocenters. The van der Waals surface area contributed by atoms with Gasteiger partial charge in [0.2, 0.25) is 0 Å². The van der Waals surface area contributed by atoms with Gasteiger partial charge in [-0.1, -0.05) is 33.6 Å². The van der Waals surface area contributed by atoms with Crippen molar-refractivity contribution >= 4 is 0 Å². The molecule has 1 unspecified atom stereocenters. The van der Waals surface area contributed by atoms with Crippen molar-refractivity contribution < 1.29 is 0 Å². The molecule has 0 aliphatic heterocycles. The summed E-state index contributed by atoms with van der Waals surface area (Å²) in [4.78, 5) is 0. The lowest BCUT2D eigenvalue weighted by Crippen LogP contribution is -2.36. The van der Waals surface area contributed by atoms with Gasteiger partial charge in [0.05, 0.1) is 0 Å². The van der Waals surface area contributed by atoms with Crippen LogP contribution in [-0.4, -0.2) is 13.1 Å². The van der Waals surface area contributed by atoms with E-state index in [1.165, 1.54) is 19.3 Å². The number of hydrogen-bond donors (Lipinski definition) is 2. The standard InChI is InChI=1S/C10H24N2/c1-4-5-6-9(7-11)10(2,3)8-12/h9H,4-8,11-12H2,1-3H3. The van der Waals surface area contributed by atoms with Gasteiger partial charge in [-0.2, -0.15) is 0 Å². The van der Waals surface area contributed by atoms with Crippen LogP contribution in [0.25, 0.3) is 0 Å². The van der Waals surface area contributed by atoms with Gasteiger partial charge in [0.25, 0.3) is 0 Å². The van der Waals surface area contributed by atoms with Crippen LogP contribution in [0.5, 0.6) is 0 Å². The highest BCUT2D eigenvalue weighted by molar-refractivity contribution is 4.79.